The summed E-state index contributed by atoms with van der Waals surface area (Å²) in [7, 11) is 0. The van der Waals surface area contributed by atoms with E-state index in [-0.39, 0.29) is 5.91 Å². The number of nitrogens with zero attached hydrogens (tertiary/aromatic N) is 4. The van der Waals surface area contributed by atoms with Gasteiger partial charge in [0.1, 0.15) is 6.33 Å². The van der Waals surface area contributed by atoms with Crippen molar-refractivity contribution >= 4 is 11.7 Å². The van der Waals surface area contributed by atoms with Crippen LogP contribution in [0, 0.1) is 13.8 Å². The molecular formula is C15H23N5O2. The van der Waals surface area contributed by atoms with Crippen LogP contribution < -0.4 is 5.32 Å². The first kappa shape index (κ1) is 16.4. The summed E-state index contributed by atoms with van der Waals surface area (Å²) in [6.45, 7) is 6.18. The SMILES string of the molecule is CCCC(O)CNC(=O)CCc1c(C)nc2ncnn2c1C. The van der Waals surface area contributed by atoms with E-state index in [4.69, 9.17) is 0 Å². The maximum absolute atomic E-state index is 11.9. The van der Waals surface area contributed by atoms with Gasteiger partial charge in [0, 0.05) is 24.4 Å². The van der Waals surface area contributed by atoms with Gasteiger partial charge in [-0.05, 0) is 32.3 Å². The van der Waals surface area contributed by atoms with Gasteiger partial charge >= 0.3 is 0 Å². The van der Waals surface area contributed by atoms with Crippen LogP contribution in [0.5, 0.6) is 0 Å². The van der Waals surface area contributed by atoms with Crippen LogP contribution >= 0.6 is 0 Å². The summed E-state index contributed by atoms with van der Waals surface area (Å²) in [5, 5.41) is 16.5. The van der Waals surface area contributed by atoms with Gasteiger partial charge in [-0.3, -0.25) is 4.79 Å². The van der Waals surface area contributed by atoms with Crippen LogP contribution in [-0.4, -0.2) is 43.2 Å². The van der Waals surface area contributed by atoms with Crippen LogP contribution in [0.4, 0.5) is 0 Å². The van der Waals surface area contributed by atoms with Crippen LogP contribution in [-0.2, 0) is 11.2 Å². The fourth-order valence-electron chi connectivity index (χ4n) is 2.51. The molecule has 0 bridgehead atoms. The molecule has 0 aliphatic carbocycles. The molecule has 1 unspecified atom stereocenters. The van der Waals surface area contributed by atoms with E-state index in [9.17, 15) is 9.90 Å². The summed E-state index contributed by atoms with van der Waals surface area (Å²) in [4.78, 5) is 20.4. The lowest BCUT2D eigenvalue weighted by atomic mass is 10.1. The number of fused-ring (bicyclic) bond motifs is 1. The smallest absolute Gasteiger partial charge is 0.252 e. The van der Waals surface area contributed by atoms with Gasteiger partial charge in [0.05, 0.1) is 6.10 Å². The average Bonchev–Trinajstić information content (AvgIpc) is 2.93. The number of amides is 1. The Labute approximate surface area is 129 Å². The van der Waals surface area contributed by atoms with Crippen molar-refractivity contribution in [2.75, 3.05) is 6.54 Å². The molecule has 2 aromatic rings. The predicted molar refractivity (Wildman–Crippen MR) is 82.5 cm³/mol. The van der Waals surface area contributed by atoms with Crippen LogP contribution in [0.1, 0.15) is 43.1 Å². The Morgan fingerprint density at radius 2 is 2.23 bits per heavy atom. The molecular weight excluding hydrogens is 282 g/mol. The molecule has 2 aromatic heterocycles. The summed E-state index contributed by atoms with van der Waals surface area (Å²) in [5.41, 5.74) is 2.85. The third kappa shape index (κ3) is 3.79. The molecule has 22 heavy (non-hydrogen) atoms. The Kier molecular flexibility index (Phi) is 5.43. The molecule has 2 heterocycles. The molecule has 120 valence electrons. The number of aliphatic hydroxyl groups excluding tert-OH is 1. The molecule has 7 nitrogen and oxygen atoms in total. The highest BCUT2D eigenvalue weighted by molar-refractivity contribution is 5.76. The van der Waals surface area contributed by atoms with E-state index < -0.39 is 6.10 Å². The Morgan fingerprint density at radius 3 is 2.95 bits per heavy atom. The second-order valence-corrected chi connectivity index (χ2v) is 5.48. The van der Waals surface area contributed by atoms with Crippen molar-refractivity contribution in [1.29, 1.82) is 0 Å². The van der Waals surface area contributed by atoms with Crippen molar-refractivity contribution < 1.29 is 9.90 Å². The summed E-state index contributed by atoms with van der Waals surface area (Å²) in [5.74, 6) is 0.513. The Bertz CT molecular complexity index is 653. The zero-order valence-electron chi connectivity index (χ0n) is 13.3. The zero-order valence-corrected chi connectivity index (χ0v) is 13.3. The molecule has 0 saturated heterocycles. The van der Waals surface area contributed by atoms with Crippen LogP contribution in [0.3, 0.4) is 0 Å². The average molecular weight is 305 g/mol. The highest BCUT2D eigenvalue weighted by Crippen LogP contribution is 2.14. The summed E-state index contributed by atoms with van der Waals surface area (Å²) >= 11 is 0. The largest absolute Gasteiger partial charge is 0.391 e. The normalized spacial score (nSPS) is 12.5. The maximum Gasteiger partial charge on any atom is 0.252 e. The summed E-state index contributed by atoms with van der Waals surface area (Å²) < 4.78 is 1.69. The first-order valence-electron chi connectivity index (χ1n) is 7.63. The number of rotatable bonds is 7. The molecule has 1 amide bonds. The number of aryl methyl sites for hydroxylation is 2. The van der Waals surface area contributed by atoms with E-state index in [1.807, 2.05) is 20.8 Å². The third-order valence-corrected chi connectivity index (χ3v) is 3.75. The Balaban J connectivity index is 1.95. The second-order valence-electron chi connectivity index (χ2n) is 5.48. The molecule has 2 rings (SSSR count). The second kappa shape index (κ2) is 7.31. The predicted octanol–water partition coefficient (Wildman–Crippen LogP) is 0.951. The number of aliphatic hydroxyl groups is 1. The number of carbonyl (C=O) groups excluding carboxylic acids is 1. The molecule has 0 spiro atoms. The third-order valence-electron chi connectivity index (χ3n) is 3.75. The molecule has 0 radical (unpaired) electrons. The van der Waals surface area contributed by atoms with Crippen LogP contribution in [0.15, 0.2) is 6.33 Å². The number of nitrogens with one attached hydrogen (secondary N) is 1. The van der Waals surface area contributed by atoms with Gasteiger partial charge in [0.2, 0.25) is 5.91 Å². The first-order chi connectivity index (χ1) is 10.5. The Hall–Kier alpha value is -2.02. The van der Waals surface area contributed by atoms with Gasteiger partial charge in [-0.2, -0.15) is 10.1 Å². The van der Waals surface area contributed by atoms with Crippen molar-refractivity contribution in [2.45, 2.75) is 52.6 Å². The number of carbonyl (C=O) groups is 1. The highest BCUT2D eigenvalue weighted by Gasteiger charge is 2.13. The van der Waals surface area contributed by atoms with Gasteiger partial charge in [-0.25, -0.2) is 9.50 Å². The van der Waals surface area contributed by atoms with Crippen molar-refractivity contribution in [3.8, 4) is 0 Å². The maximum atomic E-state index is 11.9. The number of hydrogen-bond acceptors (Lipinski definition) is 5. The van der Waals surface area contributed by atoms with Gasteiger partial charge in [0.15, 0.2) is 0 Å². The van der Waals surface area contributed by atoms with E-state index in [1.165, 1.54) is 6.33 Å². The molecule has 0 saturated carbocycles. The number of hydrogen-bond donors (Lipinski definition) is 2. The van der Waals surface area contributed by atoms with E-state index in [0.29, 0.717) is 31.6 Å². The monoisotopic (exact) mass is 305 g/mol. The molecule has 0 fully saturated rings. The summed E-state index contributed by atoms with van der Waals surface area (Å²) in [6, 6.07) is 0. The fraction of sp³-hybridized carbons (Fsp3) is 0.600. The molecule has 7 heteroatoms. The van der Waals surface area contributed by atoms with Gasteiger partial charge in [-0.1, -0.05) is 13.3 Å². The van der Waals surface area contributed by atoms with Crippen molar-refractivity contribution in [3.63, 3.8) is 0 Å². The molecule has 0 aliphatic rings. The van der Waals surface area contributed by atoms with E-state index in [2.05, 4.69) is 20.4 Å². The fourth-order valence-corrected chi connectivity index (χ4v) is 2.51. The molecule has 2 N–H and O–H groups in total. The van der Waals surface area contributed by atoms with E-state index in [1.54, 1.807) is 4.52 Å². The topological polar surface area (TPSA) is 92.4 Å². The molecule has 0 aromatic carbocycles. The van der Waals surface area contributed by atoms with Crippen LogP contribution in [0.25, 0.3) is 5.78 Å². The minimum atomic E-state index is -0.467. The van der Waals surface area contributed by atoms with E-state index in [0.717, 1.165) is 23.4 Å². The number of aromatic nitrogens is 4. The van der Waals surface area contributed by atoms with Gasteiger partial charge in [-0.15, -0.1) is 0 Å². The van der Waals surface area contributed by atoms with E-state index >= 15 is 0 Å². The lowest BCUT2D eigenvalue weighted by Gasteiger charge is -2.12. The zero-order chi connectivity index (χ0) is 16.1. The minimum Gasteiger partial charge on any atom is -0.391 e. The van der Waals surface area contributed by atoms with Crippen molar-refractivity contribution in [3.05, 3.63) is 23.3 Å². The molecule has 1 atom stereocenters. The standard InChI is InChI=1S/C15H23N5O2/c1-4-5-12(21)8-16-14(22)7-6-13-10(2)19-15-17-9-18-20(15)11(13)3/h9,12,21H,4-8H2,1-3H3,(H,16,22). The highest BCUT2D eigenvalue weighted by atomic mass is 16.3. The van der Waals surface area contributed by atoms with Crippen molar-refractivity contribution in [1.82, 2.24) is 24.9 Å². The first-order valence-corrected chi connectivity index (χ1v) is 7.63. The van der Waals surface area contributed by atoms with Gasteiger partial charge in [0.25, 0.3) is 5.78 Å². The lowest BCUT2D eigenvalue weighted by Crippen LogP contribution is -2.32. The van der Waals surface area contributed by atoms with Crippen molar-refractivity contribution in [2.24, 2.45) is 0 Å². The Morgan fingerprint density at radius 1 is 1.45 bits per heavy atom. The summed E-state index contributed by atoms with van der Waals surface area (Å²) in [6.07, 6.45) is 3.56. The van der Waals surface area contributed by atoms with Gasteiger partial charge < -0.3 is 10.4 Å². The lowest BCUT2D eigenvalue weighted by molar-refractivity contribution is -0.121. The van der Waals surface area contributed by atoms with Crippen LogP contribution in [0.2, 0.25) is 0 Å². The molecule has 0 aliphatic heterocycles. The quantitative estimate of drug-likeness (QED) is 0.794. The minimum absolute atomic E-state index is 0.0624.